The predicted octanol–water partition coefficient (Wildman–Crippen LogP) is 2.32. The van der Waals surface area contributed by atoms with E-state index in [9.17, 15) is 10.1 Å². The van der Waals surface area contributed by atoms with Crippen LogP contribution in [-0.4, -0.2) is 16.1 Å². The zero-order chi connectivity index (χ0) is 14.6. The lowest BCUT2D eigenvalue weighted by atomic mass is 9.81. The maximum atomic E-state index is 11.0. The number of aromatic nitrogens is 1. The molecule has 0 saturated carbocycles. The fourth-order valence-electron chi connectivity index (χ4n) is 3.35. The van der Waals surface area contributed by atoms with Crippen molar-refractivity contribution in [1.82, 2.24) is 4.98 Å². The number of nitrogens with two attached hydrogens (primary N) is 1. The number of aliphatic imine (C=N–C) groups is 1. The molecule has 0 saturated heterocycles. The van der Waals surface area contributed by atoms with E-state index in [0.717, 1.165) is 28.9 Å². The molecule has 0 radical (unpaired) electrons. The van der Waals surface area contributed by atoms with E-state index in [1.54, 1.807) is 18.3 Å². The standard InChI is InChI=1S/C15H12N4O2/c16-12-4-9-6-15(7-10(9)5-13(12)19(20)21)8-18-14-11(15)2-1-3-17-14/h1-5,8H,6-7,16H2/t15-/m1/s1. The first kappa shape index (κ1) is 12.0. The second-order valence-electron chi connectivity index (χ2n) is 5.58. The smallest absolute Gasteiger partial charge is 0.292 e. The summed E-state index contributed by atoms with van der Waals surface area (Å²) >= 11 is 0. The highest BCUT2D eigenvalue weighted by Crippen LogP contribution is 2.46. The van der Waals surface area contributed by atoms with Gasteiger partial charge >= 0.3 is 0 Å². The number of benzene rings is 1. The fourth-order valence-corrected chi connectivity index (χ4v) is 3.35. The van der Waals surface area contributed by atoms with Gasteiger partial charge in [0.25, 0.3) is 5.69 Å². The minimum absolute atomic E-state index is 0.0212. The second kappa shape index (κ2) is 3.88. The van der Waals surface area contributed by atoms with Gasteiger partial charge in [-0.15, -0.1) is 0 Å². The molecule has 1 aromatic heterocycles. The summed E-state index contributed by atoms with van der Waals surface area (Å²) in [5.74, 6) is 0.743. The molecule has 0 fully saturated rings. The summed E-state index contributed by atoms with van der Waals surface area (Å²) in [6, 6.07) is 7.25. The molecule has 1 spiro atoms. The van der Waals surface area contributed by atoms with Crippen molar-refractivity contribution in [1.29, 1.82) is 0 Å². The summed E-state index contributed by atoms with van der Waals surface area (Å²) in [6.07, 6.45) is 5.10. The fraction of sp³-hybridized carbons (Fsp3) is 0.200. The Bertz CT molecular complexity index is 815. The summed E-state index contributed by atoms with van der Waals surface area (Å²) in [7, 11) is 0. The quantitative estimate of drug-likeness (QED) is 0.492. The van der Waals surface area contributed by atoms with E-state index in [4.69, 9.17) is 5.73 Å². The van der Waals surface area contributed by atoms with Crippen LogP contribution in [0.4, 0.5) is 17.2 Å². The predicted molar refractivity (Wildman–Crippen MR) is 79.0 cm³/mol. The molecule has 0 amide bonds. The van der Waals surface area contributed by atoms with Crippen LogP contribution in [0.15, 0.2) is 35.5 Å². The van der Waals surface area contributed by atoms with Crippen LogP contribution in [-0.2, 0) is 18.3 Å². The van der Waals surface area contributed by atoms with Gasteiger partial charge in [-0.25, -0.2) is 9.98 Å². The van der Waals surface area contributed by atoms with Crippen LogP contribution in [0.5, 0.6) is 0 Å². The Hall–Kier alpha value is -2.76. The third-order valence-electron chi connectivity index (χ3n) is 4.31. The van der Waals surface area contributed by atoms with Crippen molar-refractivity contribution in [2.75, 3.05) is 5.73 Å². The van der Waals surface area contributed by atoms with Gasteiger partial charge in [0.2, 0.25) is 0 Å². The third kappa shape index (κ3) is 1.59. The molecule has 1 aliphatic heterocycles. The lowest BCUT2D eigenvalue weighted by molar-refractivity contribution is -0.384. The molecule has 104 valence electrons. The number of fused-ring (bicyclic) bond motifs is 3. The molecule has 4 rings (SSSR count). The maximum absolute atomic E-state index is 11.0. The zero-order valence-electron chi connectivity index (χ0n) is 11.1. The van der Waals surface area contributed by atoms with E-state index in [0.29, 0.717) is 6.42 Å². The van der Waals surface area contributed by atoms with E-state index >= 15 is 0 Å². The minimum Gasteiger partial charge on any atom is -0.393 e. The molecular weight excluding hydrogens is 268 g/mol. The first-order chi connectivity index (χ1) is 10.1. The van der Waals surface area contributed by atoms with Crippen molar-refractivity contribution in [2.24, 2.45) is 4.99 Å². The number of pyridine rings is 1. The molecule has 1 aromatic carbocycles. The number of rotatable bonds is 1. The Morgan fingerprint density at radius 3 is 2.81 bits per heavy atom. The van der Waals surface area contributed by atoms with E-state index in [1.807, 2.05) is 18.3 Å². The van der Waals surface area contributed by atoms with Crippen molar-refractivity contribution < 1.29 is 4.92 Å². The second-order valence-corrected chi connectivity index (χ2v) is 5.58. The van der Waals surface area contributed by atoms with Gasteiger partial charge in [0.15, 0.2) is 5.82 Å². The van der Waals surface area contributed by atoms with Gasteiger partial charge in [-0.1, -0.05) is 6.07 Å². The van der Waals surface area contributed by atoms with Crippen molar-refractivity contribution in [3.8, 4) is 0 Å². The molecular formula is C15H12N4O2. The van der Waals surface area contributed by atoms with Crippen LogP contribution in [0.1, 0.15) is 16.7 Å². The number of anilines is 1. The Balaban J connectivity index is 1.82. The summed E-state index contributed by atoms with van der Waals surface area (Å²) < 4.78 is 0. The maximum Gasteiger partial charge on any atom is 0.292 e. The first-order valence-electron chi connectivity index (χ1n) is 6.65. The largest absolute Gasteiger partial charge is 0.393 e. The monoisotopic (exact) mass is 280 g/mol. The highest BCUT2D eigenvalue weighted by molar-refractivity contribution is 5.86. The van der Waals surface area contributed by atoms with Gasteiger partial charge in [-0.05, 0) is 36.1 Å². The molecule has 0 bridgehead atoms. The number of nitro groups is 1. The Morgan fingerprint density at radius 2 is 2.05 bits per heavy atom. The summed E-state index contributed by atoms with van der Waals surface area (Å²) in [5.41, 5.74) is 8.87. The average Bonchev–Trinajstić information content (AvgIpc) is 2.99. The highest BCUT2D eigenvalue weighted by Gasteiger charge is 2.43. The highest BCUT2D eigenvalue weighted by atomic mass is 16.6. The molecule has 21 heavy (non-hydrogen) atoms. The van der Waals surface area contributed by atoms with Gasteiger partial charge in [-0.2, -0.15) is 0 Å². The lowest BCUT2D eigenvalue weighted by Gasteiger charge is -2.20. The molecule has 2 aliphatic rings. The molecule has 2 heterocycles. The van der Waals surface area contributed by atoms with Crippen molar-refractivity contribution in [3.05, 3.63) is 57.3 Å². The van der Waals surface area contributed by atoms with E-state index in [-0.39, 0.29) is 16.8 Å². The molecule has 6 heteroatoms. The summed E-state index contributed by atoms with van der Waals surface area (Å²) in [4.78, 5) is 19.3. The average molecular weight is 280 g/mol. The Labute approximate surface area is 120 Å². The van der Waals surface area contributed by atoms with Crippen molar-refractivity contribution >= 4 is 23.4 Å². The molecule has 2 N–H and O–H groups in total. The normalized spacial score (nSPS) is 21.5. The molecule has 6 nitrogen and oxygen atoms in total. The molecule has 1 atom stereocenters. The van der Waals surface area contributed by atoms with Gasteiger partial charge in [0.05, 0.1) is 4.92 Å². The first-order valence-corrected chi connectivity index (χ1v) is 6.65. The van der Waals surface area contributed by atoms with Gasteiger partial charge in [0.1, 0.15) is 5.69 Å². The van der Waals surface area contributed by atoms with Crippen LogP contribution >= 0.6 is 0 Å². The Kier molecular flexibility index (Phi) is 2.22. The zero-order valence-corrected chi connectivity index (χ0v) is 11.1. The van der Waals surface area contributed by atoms with Gasteiger partial charge < -0.3 is 5.73 Å². The van der Waals surface area contributed by atoms with Crippen molar-refractivity contribution in [3.63, 3.8) is 0 Å². The van der Waals surface area contributed by atoms with E-state index in [1.165, 1.54) is 0 Å². The van der Waals surface area contributed by atoms with Crippen LogP contribution in [0, 0.1) is 10.1 Å². The van der Waals surface area contributed by atoms with Crippen molar-refractivity contribution in [2.45, 2.75) is 18.3 Å². The topological polar surface area (TPSA) is 94.4 Å². The Morgan fingerprint density at radius 1 is 1.29 bits per heavy atom. The SMILES string of the molecule is Nc1cc2c(cc1[N+](=O)[O-])C[C@@]1(C=Nc3ncccc31)C2. The lowest BCUT2D eigenvalue weighted by Crippen LogP contribution is -2.25. The van der Waals surface area contributed by atoms with Crippen LogP contribution < -0.4 is 5.73 Å². The van der Waals surface area contributed by atoms with Gasteiger partial charge in [0, 0.05) is 29.5 Å². The van der Waals surface area contributed by atoms with Crippen LogP contribution in [0.2, 0.25) is 0 Å². The minimum atomic E-state index is -0.432. The van der Waals surface area contributed by atoms with E-state index in [2.05, 4.69) is 9.98 Å². The van der Waals surface area contributed by atoms with E-state index < -0.39 is 4.92 Å². The third-order valence-corrected chi connectivity index (χ3v) is 4.31. The molecule has 0 unspecified atom stereocenters. The number of nitro benzene ring substituents is 1. The number of hydrogen-bond donors (Lipinski definition) is 1. The van der Waals surface area contributed by atoms with Gasteiger partial charge in [-0.3, -0.25) is 10.1 Å². The summed E-state index contributed by atoms with van der Waals surface area (Å²) in [6.45, 7) is 0. The summed E-state index contributed by atoms with van der Waals surface area (Å²) in [5, 5.41) is 11.0. The molecule has 2 aromatic rings. The number of nitrogens with zero attached hydrogens (tertiary/aromatic N) is 3. The van der Waals surface area contributed by atoms with Crippen LogP contribution in [0.25, 0.3) is 0 Å². The molecule has 1 aliphatic carbocycles. The van der Waals surface area contributed by atoms with Crippen LogP contribution in [0.3, 0.4) is 0 Å². The number of hydrogen-bond acceptors (Lipinski definition) is 5. The number of nitrogen functional groups attached to an aromatic ring is 1.